The molecular weight excluding hydrogens is 1800 g/mol. The summed E-state index contributed by atoms with van der Waals surface area (Å²) in [5, 5.41) is 5.43. The number of carbonyl (C=O) groups is 8. The summed E-state index contributed by atoms with van der Waals surface area (Å²) < 4.78 is 62.4. The fraction of sp³-hybridized carbons (Fsp3) is 0.426. The van der Waals surface area contributed by atoms with Crippen molar-refractivity contribution in [1.82, 2.24) is 77.2 Å². The van der Waals surface area contributed by atoms with E-state index in [0.717, 1.165) is 163 Å². The summed E-state index contributed by atoms with van der Waals surface area (Å²) in [4.78, 5) is 133. The molecule has 4 unspecified atom stereocenters. The molecule has 6 saturated heterocycles. The van der Waals surface area contributed by atoms with E-state index in [1.54, 1.807) is 80.5 Å². The van der Waals surface area contributed by atoms with Gasteiger partial charge in [0, 0.05) is 158 Å². The number of rotatable bonds is 20. The largest absolute Gasteiger partial charge is 0.338 e. The van der Waals surface area contributed by atoms with Gasteiger partial charge in [-0.05, 0) is 218 Å². The number of aromatic nitrogens is 6. The SMILES string of the molecule is O=C1C2Cc3c(n(Cc4ccc(F)cc4)c4cc(Cl)ccc34)CN2C(=O)N1CCC1CCCCC1.O=C1C2Cc3c(n(Cc4ccc(F)cc4)c4cc(Cl)ccc34)CN2C(=O)N1CCN1CCCCC1.O=C1C2Cc3c(n(Cc4ccc(F)cc4)c4ncccc34)CN2C(=O)N1CCC1CCCCC1.O=C1C2Cc3c(n(Cc4ccc(F)cc4)c4ncccc34)CN2C(=O)N1CCN1CCCCC1. The predicted molar refractivity (Wildman–Crippen MR) is 519 cm³/mol. The highest BCUT2D eigenvalue weighted by molar-refractivity contribution is 6.31. The van der Waals surface area contributed by atoms with Gasteiger partial charge in [0.05, 0.1) is 37.2 Å². The minimum absolute atomic E-state index is 0.0604. The summed E-state index contributed by atoms with van der Waals surface area (Å²) in [6, 6.07) is 42.9. The molecule has 24 rings (SSSR count). The first-order valence-electron chi connectivity index (χ1n) is 49.6. The second kappa shape index (κ2) is 39.6. The van der Waals surface area contributed by atoms with E-state index in [0.29, 0.717) is 126 Å². The topological polar surface area (TPSA) is 214 Å². The number of pyridine rings is 2. The number of nitrogens with zero attached hydrogens (tertiary/aromatic N) is 16. The lowest BCUT2D eigenvalue weighted by atomic mass is 9.87. The molecule has 0 spiro atoms. The summed E-state index contributed by atoms with van der Waals surface area (Å²) in [6.45, 7) is 11.3. The number of piperidine rings is 2. The maximum atomic E-state index is 13.5. The van der Waals surface area contributed by atoms with Crippen LogP contribution in [0.25, 0.3) is 43.9 Å². The Kier molecular flexibility index (Phi) is 26.4. The number of hydrogen-bond acceptors (Lipinski definition) is 12. The summed E-state index contributed by atoms with van der Waals surface area (Å²) >= 11 is 12.7. The Morgan fingerprint density at radius 1 is 0.304 bits per heavy atom. The lowest BCUT2D eigenvalue weighted by Crippen LogP contribution is -2.41. The number of halogens is 6. The first-order chi connectivity index (χ1) is 67.2. The molecule has 138 heavy (non-hydrogen) atoms. The van der Waals surface area contributed by atoms with Gasteiger partial charge in [-0.2, -0.15) is 0 Å². The van der Waals surface area contributed by atoms with Gasteiger partial charge in [0.15, 0.2) is 0 Å². The number of imide groups is 4. The molecule has 12 aromatic rings. The third-order valence-electron chi connectivity index (χ3n) is 31.2. The first-order valence-corrected chi connectivity index (χ1v) is 50.3. The zero-order valence-corrected chi connectivity index (χ0v) is 79.1. The van der Waals surface area contributed by atoms with Crippen LogP contribution in [0.3, 0.4) is 0 Å². The van der Waals surface area contributed by atoms with E-state index in [1.165, 1.54) is 171 Å². The zero-order chi connectivity index (χ0) is 94.7. The number of amides is 12. The molecular formula is C108H114Cl2F4N16O8. The highest BCUT2D eigenvalue weighted by Gasteiger charge is 2.53. The molecule has 0 radical (unpaired) electrons. The van der Waals surface area contributed by atoms with E-state index < -0.39 is 24.2 Å². The fourth-order valence-electron chi connectivity index (χ4n) is 23.9. The van der Waals surface area contributed by atoms with Gasteiger partial charge in [-0.1, -0.05) is 161 Å². The van der Waals surface area contributed by atoms with Crippen molar-refractivity contribution in [1.29, 1.82) is 0 Å². The first kappa shape index (κ1) is 92.1. The molecule has 2 saturated carbocycles. The minimum Gasteiger partial charge on any atom is -0.338 e. The standard InChI is InChI=1S/C28H29ClFN3O2.C27H28ClFN4O2.C27H29FN4O2.C26H28FN5O2/c29-20-8-11-22-23-15-25-27(34)31(13-12-18-4-2-1-3-5-18)28(35)33(25)17-26(23)32(24(22)14-20)16-19-6-9-21(30)10-7-19;28-19-6-9-21-22-15-24-26(34)31(13-12-30-10-2-1-3-11-30)27(35)33(24)17-25(22)32(23(21)14-19)16-18-4-7-20(29)8-5-18;28-20-10-8-19(9-11-20)16-31-24-17-32-23(15-22(24)21-7-4-13-29-25(21)31)26(33)30(27(32)34)14-12-18-5-2-1-3-6-18;27-19-8-6-18(7-9-19)16-31-23-17-32-22(15-21(23)20-5-4-10-28-24(20)31)25(33)30(26(32)34)14-13-29-11-2-1-3-12-29/h6-11,14,18,25H,1-5,12-13,15-17H2;4-9,14,24H,1-3,10-13,15-17H2;4,7-11,13,18,23H,1-3,5-6,12,14-17H2;4-10,22H,1-3,11-17H2. The van der Waals surface area contributed by atoms with Crippen molar-refractivity contribution < 1.29 is 55.9 Å². The van der Waals surface area contributed by atoms with Gasteiger partial charge in [-0.3, -0.25) is 38.8 Å². The van der Waals surface area contributed by atoms with E-state index >= 15 is 0 Å². The number of fused-ring (bicyclic) bond motifs is 16. The smallest absolute Gasteiger partial charge is 0.327 e. The molecule has 6 aromatic heterocycles. The van der Waals surface area contributed by atoms with Crippen molar-refractivity contribution in [3.63, 3.8) is 0 Å². The molecule has 716 valence electrons. The van der Waals surface area contributed by atoms with Gasteiger partial charge in [0.25, 0.3) is 23.6 Å². The molecule has 8 fully saturated rings. The van der Waals surface area contributed by atoms with Crippen LogP contribution in [0.1, 0.15) is 183 Å². The fourth-order valence-corrected chi connectivity index (χ4v) is 24.2. The minimum atomic E-state index is -0.461. The summed E-state index contributed by atoms with van der Waals surface area (Å²) in [5.41, 5.74) is 15.9. The molecule has 6 aromatic carbocycles. The highest BCUT2D eigenvalue weighted by atomic mass is 35.5. The summed E-state index contributed by atoms with van der Waals surface area (Å²) in [5.74, 6) is -0.138. The molecule has 10 aliphatic heterocycles. The Hall–Kier alpha value is -12.2. The monoisotopic (exact) mass is 1910 g/mol. The number of hydrogen-bond donors (Lipinski definition) is 0. The maximum Gasteiger partial charge on any atom is 0.327 e. The molecule has 2 aliphatic carbocycles. The normalized spacial score (nSPS) is 20.7. The van der Waals surface area contributed by atoms with Gasteiger partial charge >= 0.3 is 24.1 Å². The van der Waals surface area contributed by atoms with Crippen molar-refractivity contribution in [2.45, 2.75) is 218 Å². The van der Waals surface area contributed by atoms with E-state index in [4.69, 9.17) is 23.2 Å². The quantitative estimate of drug-likeness (QED) is 0.0515. The van der Waals surface area contributed by atoms with Crippen LogP contribution in [0.4, 0.5) is 36.7 Å². The maximum absolute atomic E-state index is 13.5. The van der Waals surface area contributed by atoms with Crippen LogP contribution in [0, 0.1) is 35.1 Å². The predicted octanol–water partition coefficient (Wildman–Crippen LogP) is 19.1. The third kappa shape index (κ3) is 18.2. The van der Waals surface area contributed by atoms with Gasteiger partial charge in [-0.15, -0.1) is 0 Å². The number of carbonyl (C=O) groups excluding carboxylic acids is 8. The highest BCUT2D eigenvalue weighted by Crippen LogP contribution is 2.44. The average molecular weight is 1910 g/mol. The molecule has 16 heterocycles. The molecule has 30 heteroatoms. The van der Waals surface area contributed by atoms with Crippen molar-refractivity contribution >= 4 is 115 Å². The number of urea groups is 4. The van der Waals surface area contributed by atoms with Crippen LogP contribution in [0.5, 0.6) is 0 Å². The van der Waals surface area contributed by atoms with Gasteiger partial charge in [-0.25, -0.2) is 46.7 Å². The van der Waals surface area contributed by atoms with Crippen molar-refractivity contribution in [2.75, 3.05) is 65.4 Å². The van der Waals surface area contributed by atoms with Gasteiger partial charge < -0.3 is 47.7 Å². The molecule has 0 bridgehead atoms. The lowest BCUT2D eigenvalue weighted by Gasteiger charge is -2.29. The van der Waals surface area contributed by atoms with Crippen LogP contribution >= 0.6 is 23.2 Å². The van der Waals surface area contributed by atoms with Crippen LogP contribution in [-0.2, 0) is 97.2 Å². The third-order valence-corrected chi connectivity index (χ3v) is 31.7. The second-order valence-corrected chi connectivity index (χ2v) is 40.4. The Balaban J connectivity index is 0.000000110. The Morgan fingerprint density at radius 3 is 0.906 bits per heavy atom. The van der Waals surface area contributed by atoms with E-state index in [2.05, 4.69) is 38.0 Å². The number of benzene rings is 6. The van der Waals surface area contributed by atoms with Gasteiger partial charge in [0.1, 0.15) is 58.7 Å². The molecule has 12 amide bonds. The summed E-state index contributed by atoms with van der Waals surface area (Å²) in [7, 11) is 0. The molecule has 4 atom stereocenters. The Morgan fingerprint density at radius 2 is 0.587 bits per heavy atom. The lowest BCUT2D eigenvalue weighted by molar-refractivity contribution is -0.129. The molecule has 12 aliphatic rings. The van der Waals surface area contributed by atoms with E-state index in [9.17, 15) is 55.9 Å². The summed E-state index contributed by atoms with van der Waals surface area (Å²) in [6.07, 6.45) is 27.1. The molecule has 0 N–H and O–H groups in total. The van der Waals surface area contributed by atoms with Crippen LogP contribution in [0.15, 0.2) is 170 Å². The van der Waals surface area contributed by atoms with Crippen molar-refractivity contribution in [2.24, 2.45) is 11.8 Å². The zero-order valence-electron chi connectivity index (χ0n) is 77.6. The van der Waals surface area contributed by atoms with Crippen molar-refractivity contribution in [3.05, 3.63) is 271 Å². The van der Waals surface area contributed by atoms with E-state index in [1.807, 2.05) is 60.7 Å². The van der Waals surface area contributed by atoms with Crippen LogP contribution < -0.4 is 0 Å². The average Bonchev–Trinajstić information content (AvgIpc) is 1.58. The van der Waals surface area contributed by atoms with Crippen LogP contribution in [0.2, 0.25) is 10.0 Å². The number of likely N-dealkylation sites (tertiary alicyclic amines) is 2. The van der Waals surface area contributed by atoms with Crippen LogP contribution in [-0.4, -0.2) is 215 Å². The molecule has 24 nitrogen and oxygen atoms in total. The van der Waals surface area contributed by atoms with Crippen molar-refractivity contribution in [3.8, 4) is 0 Å². The second-order valence-electron chi connectivity index (χ2n) is 39.5. The van der Waals surface area contributed by atoms with E-state index in [-0.39, 0.29) is 71.0 Å². The van der Waals surface area contributed by atoms with Gasteiger partial charge in [0.2, 0.25) is 0 Å². The Bertz CT molecular complexity index is 6280. The Labute approximate surface area is 808 Å².